The van der Waals surface area contributed by atoms with Gasteiger partial charge in [-0.1, -0.05) is 180 Å². The van der Waals surface area contributed by atoms with Crippen LogP contribution in [0, 0.1) is 17.8 Å². The molecule has 1 unspecified atom stereocenters. The van der Waals surface area contributed by atoms with Gasteiger partial charge >= 0.3 is 27.6 Å². The summed E-state index contributed by atoms with van der Waals surface area (Å²) in [7, 11) is -9.79. The van der Waals surface area contributed by atoms with Crippen molar-refractivity contribution in [1.29, 1.82) is 0 Å². The van der Waals surface area contributed by atoms with Crippen molar-refractivity contribution < 1.29 is 76.6 Å². The Morgan fingerprint density at radius 3 is 1.74 bits per heavy atom. The zero-order valence-electron chi connectivity index (χ0n) is 41.8. The van der Waals surface area contributed by atoms with Crippen LogP contribution >= 0.6 is 15.6 Å². The topological polar surface area (TPSA) is 253 Å². The monoisotopic (exact) mass is 1010 g/mol. The Morgan fingerprint density at radius 1 is 0.662 bits per heavy atom. The van der Waals surface area contributed by atoms with Gasteiger partial charge in [0.15, 0.2) is 6.10 Å². The first-order valence-corrected chi connectivity index (χ1v) is 29.0. The Morgan fingerprint density at radius 2 is 1.18 bits per heavy atom. The standard InChI is InChI=1S/C50H92O16P2/c1-4-5-24-30-42(51)34-35-46-45(47(53)36-48(46)54)31-26-22-23-28-33-50(56)66-44(40-65-68(60,61)64-38-43(52)37-63-67(57,58)59)39-62-49(55)32-27-21-19-17-15-13-11-9-7-6-8-10-12-14-16-18-20-25-29-41(2)3/h22,26,34-35,41-47,51-53H,4-21,23-25,27-33,36-40H2,1-3H3,(H,60,61)(H2,57,58,59)/b26-22-,35-34+/t42-,43-,44+,45+,46+,47-/m0/s1. The third-order valence-corrected chi connectivity index (χ3v) is 13.6. The van der Waals surface area contributed by atoms with Crippen LogP contribution in [-0.2, 0) is 46.6 Å². The third-order valence-electron chi connectivity index (χ3n) is 12.1. The minimum Gasteiger partial charge on any atom is -0.462 e. The maximum absolute atomic E-state index is 12.8. The van der Waals surface area contributed by atoms with Crippen LogP contribution in [0.25, 0.3) is 0 Å². The number of aliphatic hydroxyl groups excluding tert-OH is 3. The van der Waals surface area contributed by atoms with Gasteiger partial charge in [-0.15, -0.1) is 0 Å². The molecule has 0 bridgehead atoms. The number of rotatable bonds is 45. The van der Waals surface area contributed by atoms with E-state index in [2.05, 4.69) is 25.3 Å². The lowest BCUT2D eigenvalue weighted by atomic mass is 9.90. The van der Waals surface area contributed by atoms with E-state index in [1.165, 1.54) is 96.3 Å². The highest BCUT2D eigenvalue weighted by atomic mass is 31.2. The molecule has 1 rings (SSSR count). The van der Waals surface area contributed by atoms with E-state index in [0.29, 0.717) is 32.1 Å². The molecule has 1 saturated carbocycles. The van der Waals surface area contributed by atoms with Gasteiger partial charge in [0.1, 0.15) is 18.5 Å². The molecular weight excluding hydrogens is 918 g/mol. The molecule has 398 valence electrons. The zero-order chi connectivity index (χ0) is 50.5. The van der Waals surface area contributed by atoms with E-state index in [1.54, 1.807) is 12.2 Å². The van der Waals surface area contributed by atoms with Gasteiger partial charge in [-0.25, -0.2) is 9.13 Å². The predicted molar refractivity (Wildman–Crippen MR) is 263 cm³/mol. The van der Waals surface area contributed by atoms with Gasteiger partial charge in [-0.05, 0) is 38.0 Å². The molecular formula is C50H92O16P2. The van der Waals surface area contributed by atoms with E-state index >= 15 is 0 Å². The van der Waals surface area contributed by atoms with Crippen molar-refractivity contribution in [3.05, 3.63) is 24.3 Å². The lowest BCUT2D eigenvalue weighted by molar-refractivity contribution is -0.161. The number of phosphoric acid groups is 2. The van der Waals surface area contributed by atoms with Gasteiger partial charge in [-0.2, -0.15) is 0 Å². The molecule has 0 aromatic rings. The number of Topliss-reactive ketones (excluding diaryl/α,β-unsaturated/α-hetero) is 1. The number of aliphatic hydroxyl groups is 3. The number of ketones is 1. The first-order valence-electron chi connectivity index (χ1n) is 26.0. The summed E-state index contributed by atoms with van der Waals surface area (Å²) in [6, 6.07) is 0. The number of esters is 2. The van der Waals surface area contributed by atoms with Crippen LogP contribution in [0.5, 0.6) is 0 Å². The lowest BCUT2D eigenvalue weighted by Crippen LogP contribution is -2.29. The molecule has 0 aromatic carbocycles. The minimum absolute atomic E-state index is 0.0546. The van der Waals surface area contributed by atoms with E-state index in [-0.39, 0.29) is 31.0 Å². The molecule has 1 aliphatic rings. The Hall–Kier alpha value is -1.81. The maximum atomic E-state index is 12.8. The molecule has 6 N–H and O–H groups in total. The molecule has 7 atom stereocenters. The Labute approximate surface area is 408 Å². The summed E-state index contributed by atoms with van der Waals surface area (Å²) in [5.74, 6) is -1.28. The Balaban J connectivity index is 2.45. The zero-order valence-corrected chi connectivity index (χ0v) is 43.6. The van der Waals surface area contributed by atoms with Crippen molar-refractivity contribution in [2.75, 3.05) is 26.4 Å². The largest absolute Gasteiger partial charge is 0.472 e. The number of ether oxygens (including phenoxy) is 2. The molecule has 68 heavy (non-hydrogen) atoms. The molecule has 1 aliphatic carbocycles. The second-order valence-corrected chi connectivity index (χ2v) is 21.8. The minimum atomic E-state index is -4.90. The Bertz CT molecular complexity index is 1470. The van der Waals surface area contributed by atoms with Crippen molar-refractivity contribution in [3.63, 3.8) is 0 Å². The van der Waals surface area contributed by atoms with Crippen molar-refractivity contribution in [1.82, 2.24) is 0 Å². The molecule has 0 aromatic heterocycles. The van der Waals surface area contributed by atoms with E-state index < -0.39 is 84.3 Å². The van der Waals surface area contributed by atoms with E-state index in [0.717, 1.165) is 44.4 Å². The molecule has 0 aliphatic heterocycles. The SMILES string of the molecule is CCCCC[C@H](O)/C=C/[C@H]1C(=O)C[C@H](O)[C@@H]1C/C=C\CCCC(=O)O[C@H](COC(=O)CCCCCCCCCCCCCCCCCCCCC(C)C)COP(=O)(O)OC[C@@H](O)COP(=O)(O)O. The van der Waals surface area contributed by atoms with Crippen LogP contribution in [0.1, 0.15) is 207 Å². The number of allylic oxidation sites excluding steroid dienone is 3. The van der Waals surface area contributed by atoms with Crippen molar-refractivity contribution in [3.8, 4) is 0 Å². The van der Waals surface area contributed by atoms with Gasteiger partial charge in [0.25, 0.3) is 0 Å². The highest BCUT2D eigenvalue weighted by molar-refractivity contribution is 7.47. The van der Waals surface area contributed by atoms with Crippen LogP contribution in [0.15, 0.2) is 24.3 Å². The van der Waals surface area contributed by atoms with Gasteiger partial charge in [0, 0.05) is 31.1 Å². The first kappa shape index (κ1) is 64.2. The smallest absolute Gasteiger partial charge is 0.462 e. The second-order valence-electron chi connectivity index (χ2n) is 19.1. The summed E-state index contributed by atoms with van der Waals surface area (Å²) >= 11 is 0. The fourth-order valence-corrected chi connectivity index (χ4v) is 9.26. The summed E-state index contributed by atoms with van der Waals surface area (Å²) in [6.07, 6.45) is 31.1. The third kappa shape index (κ3) is 37.0. The number of hydrogen-bond acceptors (Lipinski definition) is 13. The van der Waals surface area contributed by atoms with Crippen LogP contribution in [-0.4, -0.2) is 98.6 Å². The van der Waals surface area contributed by atoms with E-state index in [4.69, 9.17) is 28.3 Å². The molecule has 0 heterocycles. The summed E-state index contributed by atoms with van der Waals surface area (Å²) in [6.45, 7) is 3.73. The predicted octanol–water partition coefficient (Wildman–Crippen LogP) is 10.7. The average Bonchev–Trinajstić information content (AvgIpc) is 3.55. The molecule has 0 saturated heterocycles. The second kappa shape index (κ2) is 39.8. The molecule has 16 nitrogen and oxygen atoms in total. The number of carbonyl (C=O) groups is 3. The number of carbonyl (C=O) groups excluding carboxylic acids is 3. The van der Waals surface area contributed by atoms with E-state index in [1.807, 2.05) is 12.2 Å². The molecule has 18 heteroatoms. The molecule has 0 spiro atoms. The van der Waals surface area contributed by atoms with Crippen molar-refractivity contribution in [2.24, 2.45) is 17.8 Å². The van der Waals surface area contributed by atoms with Gasteiger partial charge in [0.05, 0.1) is 32.0 Å². The van der Waals surface area contributed by atoms with Crippen molar-refractivity contribution in [2.45, 2.75) is 231 Å². The first-order chi connectivity index (χ1) is 32.4. The van der Waals surface area contributed by atoms with Crippen LogP contribution in [0.2, 0.25) is 0 Å². The van der Waals surface area contributed by atoms with Crippen LogP contribution in [0.4, 0.5) is 0 Å². The maximum Gasteiger partial charge on any atom is 0.472 e. The molecule has 0 radical (unpaired) electrons. The molecule has 1 fully saturated rings. The number of phosphoric ester groups is 2. The quantitative estimate of drug-likeness (QED) is 0.0144. The van der Waals surface area contributed by atoms with Gasteiger partial charge < -0.3 is 39.5 Å². The Kier molecular flexibility index (Phi) is 37.5. The summed E-state index contributed by atoms with van der Waals surface area (Å²) in [5, 5.41) is 30.6. The average molecular weight is 1010 g/mol. The summed E-state index contributed by atoms with van der Waals surface area (Å²) in [5.41, 5.74) is 0. The fraction of sp³-hybridized carbons (Fsp3) is 0.860. The van der Waals surface area contributed by atoms with Gasteiger partial charge in [-0.3, -0.25) is 28.0 Å². The summed E-state index contributed by atoms with van der Waals surface area (Å²) in [4.78, 5) is 65.7. The molecule has 0 amide bonds. The number of hydrogen-bond donors (Lipinski definition) is 6. The lowest BCUT2D eigenvalue weighted by Gasteiger charge is -2.20. The van der Waals surface area contributed by atoms with Crippen molar-refractivity contribution >= 4 is 33.4 Å². The van der Waals surface area contributed by atoms with Gasteiger partial charge in [0.2, 0.25) is 0 Å². The van der Waals surface area contributed by atoms with Crippen LogP contribution in [0.3, 0.4) is 0 Å². The number of unbranched alkanes of at least 4 members (excludes halogenated alkanes) is 20. The van der Waals surface area contributed by atoms with Crippen LogP contribution < -0.4 is 0 Å². The fourth-order valence-electron chi connectivity index (χ4n) is 8.10. The normalized spacial score (nSPS) is 19.0. The highest BCUT2D eigenvalue weighted by Crippen LogP contribution is 2.44. The highest BCUT2D eigenvalue weighted by Gasteiger charge is 2.39. The summed E-state index contributed by atoms with van der Waals surface area (Å²) < 4.78 is 47.9. The van der Waals surface area contributed by atoms with E-state index in [9.17, 15) is 43.7 Å².